The summed E-state index contributed by atoms with van der Waals surface area (Å²) in [6.45, 7) is 3.04. The molecule has 106 valence electrons. The maximum Gasteiger partial charge on any atom is 0.244 e. The minimum atomic E-state index is -3.44. The minimum absolute atomic E-state index is 0.240. The second kappa shape index (κ2) is 6.13. The Kier molecular flexibility index (Phi) is 5.15. The van der Waals surface area contributed by atoms with E-state index in [1.54, 1.807) is 10.4 Å². The van der Waals surface area contributed by atoms with Crippen molar-refractivity contribution in [3.8, 4) is 0 Å². The SMILES string of the molecule is Cc1cc(Br)c(S(=O)(=O)N2CCCC(Br)C2)cc1Br. The van der Waals surface area contributed by atoms with Crippen LogP contribution in [0.25, 0.3) is 0 Å². The van der Waals surface area contributed by atoms with Crippen LogP contribution in [0.4, 0.5) is 0 Å². The molecule has 7 heteroatoms. The van der Waals surface area contributed by atoms with Gasteiger partial charge >= 0.3 is 0 Å². The molecule has 1 aliphatic rings. The molecule has 1 aromatic rings. The van der Waals surface area contributed by atoms with E-state index < -0.39 is 10.0 Å². The van der Waals surface area contributed by atoms with E-state index >= 15 is 0 Å². The highest BCUT2D eigenvalue weighted by Gasteiger charge is 2.31. The Hall–Kier alpha value is 0.570. The molecule has 1 heterocycles. The summed E-state index contributed by atoms with van der Waals surface area (Å²) in [5.41, 5.74) is 1.00. The molecule has 0 N–H and O–H groups in total. The Morgan fingerprint density at radius 3 is 2.58 bits per heavy atom. The summed E-state index contributed by atoms with van der Waals surface area (Å²) in [5, 5.41) is 0. The third-order valence-electron chi connectivity index (χ3n) is 3.16. The summed E-state index contributed by atoms with van der Waals surface area (Å²) in [4.78, 5) is 0.565. The first-order valence-electron chi connectivity index (χ1n) is 5.92. The van der Waals surface area contributed by atoms with E-state index in [2.05, 4.69) is 47.8 Å². The van der Waals surface area contributed by atoms with Crippen molar-refractivity contribution in [1.82, 2.24) is 4.31 Å². The number of aryl methyl sites for hydroxylation is 1. The first-order chi connectivity index (χ1) is 8.82. The molecule has 1 fully saturated rings. The van der Waals surface area contributed by atoms with E-state index in [0.717, 1.165) is 22.9 Å². The Labute approximate surface area is 139 Å². The summed E-state index contributed by atoms with van der Waals surface area (Å²) < 4.78 is 28.3. The van der Waals surface area contributed by atoms with Gasteiger partial charge in [0.15, 0.2) is 0 Å². The first kappa shape index (κ1) is 15.9. The molecule has 1 aromatic carbocycles. The summed E-state index contributed by atoms with van der Waals surface area (Å²) in [6, 6.07) is 3.50. The lowest BCUT2D eigenvalue weighted by atomic mass is 10.2. The Morgan fingerprint density at radius 2 is 1.95 bits per heavy atom. The van der Waals surface area contributed by atoms with E-state index in [1.807, 2.05) is 13.0 Å². The first-order valence-corrected chi connectivity index (χ1v) is 9.86. The van der Waals surface area contributed by atoms with Crippen LogP contribution in [0.15, 0.2) is 26.0 Å². The molecule has 3 nitrogen and oxygen atoms in total. The van der Waals surface area contributed by atoms with Gasteiger partial charge in [-0.05, 0) is 53.4 Å². The number of halogens is 3. The topological polar surface area (TPSA) is 37.4 Å². The minimum Gasteiger partial charge on any atom is -0.207 e. The van der Waals surface area contributed by atoms with Gasteiger partial charge in [-0.25, -0.2) is 8.42 Å². The third-order valence-corrected chi connectivity index (χ3v) is 7.58. The quantitative estimate of drug-likeness (QED) is 0.605. The summed E-state index contributed by atoms with van der Waals surface area (Å²) in [6.07, 6.45) is 1.91. The number of piperidine rings is 1. The molecule has 1 aliphatic heterocycles. The molecule has 0 saturated carbocycles. The molecule has 1 atom stereocenters. The average Bonchev–Trinajstić information content (AvgIpc) is 2.33. The van der Waals surface area contributed by atoms with Crippen molar-refractivity contribution in [3.63, 3.8) is 0 Å². The van der Waals surface area contributed by atoms with Crippen molar-refractivity contribution in [1.29, 1.82) is 0 Å². The summed E-state index contributed by atoms with van der Waals surface area (Å²) in [5.74, 6) is 0. The number of nitrogens with zero attached hydrogens (tertiary/aromatic N) is 1. The van der Waals surface area contributed by atoms with Crippen LogP contribution in [0.5, 0.6) is 0 Å². The monoisotopic (exact) mass is 473 g/mol. The van der Waals surface area contributed by atoms with Gasteiger partial charge in [-0.1, -0.05) is 31.9 Å². The lowest BCUT2D eigenvalue weighted by Gasteiger charge is -2.29. The van der Waals surface area contributed by atoms with Crippen molar-refractivity contribution in [2.24, 2.45) is 0 Å². The Bertz CT molecular complexity index is 589. The van der Waals surface area contributed by atoms with Crippen LogP contribution < -0.4 is 0 Å². The van der Waals surface area contributed by atoms with Gasteiger partial charge in [0.1, 0.15) is 0 Å². The number of sulfonamides is 1. The van der Waals surface area contributed by atoms with Crippen LogP contribution in [0.3, 0.4) is 0 Å². The van der Waals surface area contributed by atoms with Gasteiger partial charge in [0.05, 0.1) is 4.90 Å². The van der Waals surface area contributed by atoms with E-state index in [1.165, 1.54) is 0 Å². The standard InChI is InChI=1S/C12H14Br3NO2S/c1-8-5-11(15)12(6-10(8)14)19(17,18)16-4-2-3-9(13)7-16/h5-6,9H,2-4,7H2,1H3. The van der Waals surface area contributed by atoms with Crippen LogP contribution in [-0.2, 0) is 10.0 Å². The van der Waals surface area contributed by atoms with Gasteiger partial charge in [0.2, 0.25) is 10.0 Å². The van der Waals surface area contributed by atoms with Crippen LogP contribution in [0, 0.1) is 6.92 Å². The zero-order valence-corrected chi connectivity index (χ0v) is 15.9. The van der Waals surface area contributed by atoms with Crippen LogP contribution >= 0.6 is 47.8 Å². The van der Waals surface area contributed by atoms with Crippen molar-refractivity contribution < 1.29 is 8.42 Å². The third kappa shape index (κ3) is 3.43. The smallest absolute Gasteiger partial charge is 0.207 e. The molecule has 0 aromatic heterocycles. The highest BCUT2D eigenvalue weighted by Crippen LogP contribution is 2.32. The molecular weight excluding hydrogens is 462 g/mol. The number of hydrogen-bond donors (Lipinski definition) is 0. The van der Waals surface area contributed by atoms with Crippen molar-refractivity contribution in [2.45, 2.75) is 29.5 Å². The molecule has 0 spiro atoms. The molecule has 0 aliphatic carbocycles. The lowest BCUT2D eigenvalue weighted by Crippen LogP contribution is -2.40. The van der Waals surface area contributed by atoms with Gasteiger partial charge < -0.3 is 0 Å². The van der Waals surface area contributed by atoms with E-state index in [9.17, 15) is 8.42 Å². The fourth-order valence-corrected chi connectivity index (χ4v) is 6.10. The molecular formula is C12H14Br3NO2S. The van der Waals surface area contributed by atoms with Crippen LogP contribution in [0.2, 0.25) is 0 Å². The second-order valence-corrected chi connectivity index (χ2v) is 9.54. The maximum absolute atomic E-state index is 12.7. The predicted octanol–water partition coefficient (Wildman–Crippen LogP) is 4.07. The van der Waals surface area contributed by atoms with Gasteiger partial charge in [0.25, 0.3) is 0 Å². The highest BCUT2D eigenvalue weighted by atomic mass is 79.9. The number of benzene rings is 1. The van der Waals surface area contributed by atoms with E-state index in [-0.39, 0.29) is 4.83 Å². The molecule has 0 amide bonds. The summed E-state index contributed by atoms with van der Waals surface area (Å²) in [7, 11) is -3.44. The molecule has 2 rings (SSSR count). The summed E-state index contributed by atoms with van der Waals surface area (Å²) >= 11 is 10.3. The maximum atomic E-state index is 12.7. The van der Waals surface area contributed by atoms with Crippen molar-refractivity contribution in [3.05, 3.63) is 26.6 Å². The van der Waals surface area contributed by atoms with Crippen LogP contribution in [0.1, 0.15) is 18.4 Å². The molecule has 0 radical (unpaired) electrons. The zero-order chi connectivity index (χ0) is 14.2. The molecule has 1 unspecified atom stereocenters. The fraction of sp³-hybridized carbons (Fsp3) is 0.500. The van der Waals surface area contributed by atoms with E-state index in [4.69, 9.17) is 0 Å². The second-order valence-electron chi connectivity index (χ2n) is 4.63. The van der Waals surface area contributed by atoms with Gasteiger partial charge in [0, 0.05) is 26.9 Å². The Balaban J connectivity index is 2.42. The lowest BCUT2D eigenvalue weighted by molar-refractivity contribution is 0.355. The predicted molar refractivity (Wildman–Crippen MR) is 87.3 cm³/mol. The number of rotatable bonds is 2. The molecule has 1 saturated heterocycles. The largest absolute Gasteiger partial charge is 0.244 e. The van der Waals surface area contributed by atoms with Gasteiger partial charge in [-0.15, -0.1) is 0 Å². The van der Waals surface area contributed by atoms with Crippen molar-refractivity contribution >= 4 is 57.8 Å². The van der Waals surface area contributed by atoms with Gasteiger partial charge in [-0.3, -0.25) is 0 Å². The number of alkyl halides is 1. The van der Waals surface area contributed by atoms with Crippen LogP contribution in [-0.4, -0.2) is 30.6 Å². The fourth-order valence-electron chi connectivity index (χ4n) is 2.08. The highest BCUT2D eigenvalue weighted by molar-refractivity contribution is 9.11. The average molecular weight is 476 g/mol. The normalized spacial score (nSPS) is 21.6. The zero-order valence-electron chi connectivity index (χ0n) is 10.4. The van der Waals surface area contributed by atoms with Gasteiger partial charge in [-0.2, -0.15) is 4.31 Å². The number of hydrogen-bond acceptors (Lipinski definition) is 2. The van der Waals surface area contributed by atoms with E-state index in [0.29, 0.717) is 22.5 Å². The Morgan fingerprint density at radius 1 is 1.26 bits per heavy atom. The molecule has 0 bridgehead atoms. The molecule has 19 heavy (non-hydrogen) atoms. The van der Waals surface area contributed by atoms with Crippen molar-refractivity contribution in [2.75, 3.05) is 13.1 Å².